The first-order valence-electron chi connectivity index (χ1n) is 11.5. The molecular formula is C25H31N3O. The lowest BCUT2D eigenvalue weighted by Crippen LogP contribution is -2.46. The summed E-state index contributed by atoms with van der Waals surface area (Å²) in [7, 11) is 0. The van der Waals surface area contributed by atoms with E-state index in [1.807, 2.05) is 10.9 Å². The number of carbonyl (C=O) groups is 1. The number of Topliss-reactive ketones (excluding diaryl/α,β-unsaturated/α-hetero) is 1. The molecule has 2 heterocycles. The van der Waals surface area contributed by atoms with Gasteiger partial charge in [-0.2, -0.15) is 5.10 Å². The van der Waals surface area contributed by atoms with Gasteiger partial charge in [0, 0.05) is 6.42 Å². The lowest BCUT2D eigenvalue weighted by atomic mass is 9.48. The third-order valence-corrected chi connectivity index (χ3v) is 8.30. The maximum absolute atomic E-state index is 13.5. The first-order chi connectivity index (χ1) is 14.1. The average molecular weight is 390 g/mol. The molecule has 0 radical (unpaired) electrons. The summed E-state index contributed by atoms with van der Waals surface area (Å²) in [6.07, 6.45) is 11.7. The van der Waals surface area contributed by atoms with Gasteiger partial charge < -0.3 is 5.32 Å². The molecule has 4 nitrogen and oxygen atoms in total. The van der Waals surface area contributed by atoms with E-state index in [4.69, 9.17) is 0 Å². The molecule has 0 amide bonds. The number of nitrogens with one attached hydrogen (secondary N) is 1. The van der Waals surface area contributed by atoms with E-state index in [-0.39, 0.29) is 17.5 Å². The van der Waals surface area contributed by atoms with Gasteiger partial charge in [0.05, 0.1) is 23.8 Å². The molecule has 1 N–H and O–H groups in total. The predicted molar refractivity (Wildman–Crippen MR) is 114 cm³/mol. The third-order valence-electron chi connectivity index (χ3n) is 8.30. The Kier molecular flexibility index (Phi) is 3.94. The molecule has 4 heteroatoms. The topological polar surface area (TPSA) is 46.9 Å². The summed E-state index contributed by atoms with van der Waals surface area (Å²) >= 11 is 0. The number of carbonyl (C=O) groups excluding carboxylic acids is 1. The van der Waals surface area contributed by atoms with Crippen molar-refractivity contribution in [1.82, 2.24) is 9.78 Å². The minimum Gasteiger partial charge on any atom is -0.363 e. The number of anilines is 1. The van der Waals surface area contributed by atoms with Crippen LogP contribution in [0.5, 0.6) is 0 Å². The minimum absolute atomic E-state index is 0.237. The molecule has 2 aromatic rings. The quantitative estimate of drug-likeness (QED) is 0.673. The van der Waals surface area contributed by atoms with Crippen LogP contribution >= 0.6 is 0 Å². The Labute approximate surface area is 173 Å². The van der Waals surface area contributed by atoms with E-state index in [0.717, 1.165) is 42.0 Å². The Morgan fingerprint density at radius 2 is 1.72 bits per heavy atom. The van der Waals surface area contributed by atoms with Crippen molar-refractivity contribution in [2.24, 2.45) is 23.2 Å². The fourth-order valence-corrected chi connectivity index (χ4v) is 7.56. The van der Waals surface area contributed by atoms with Crippen molar-refractivity contribution < 1.29 is 4.79 Å². The fraction of sp³-hybridized carbons (Fsp3) is 0.600. The van der Waals surface area contributed by atoms with Crippen LogP contribution in [0, 0.1) is 23.2 Å². The maximum atomic E-state index is 13.5. The van der Waals surface area contributed by atoms with E-state index < -0.39 is 0 Å². The number of fused-ring (bicyclic) bond motifs is 1. The van der Waals surface area contributed by atoms with Crippen molar-refractivity contribution in [3.8, 4) is 0 Å². The highest BCUT2D eigenvalue weighted by atomic mass is 16.1. The van der Waals surface area contributed by atoms with E-state index in [2.05, 4.69) is 47.7 Å². The summed E-state index contributed by atoms with van der Waals surface area (Å²) in [5, 5.41) is 8.28. The van der Waals surface area contributed by atoms with E-state index in [1.54, 1.807) is 0 Å². The van der Waals surface area contributed by atoms with Gasteiger partial charge in [-0.3, -0.25) is 4.79 Å². The Hall–Kier alpha value is -2.10. The standard InChI is InChI=1S/C25H31N3O/c1-16-7-22(20-5-3-2-4-6-20)27-24-21(15-26-28(16)24)23(29)14-25-11-17-8-18(12-25)10-19(9-17)13-25/h2-6,15-19,22,27H,7-14H2,1H3. The van der Waals surface area contributed by atoms with E-state index in [9.17, 15) is 4.79 Å². The molecule has 1 aromatic carbocycles. The highest BCUT2D eigenvalue weighted by molar-refractivity contribution is 6.01. The number of rotatable bonds is 4. The zero-order valence-electron chi connectivity index (χ0n) is 17.3. The number of nitrogens with zero attached hydrogens (tertiary/aromatic N) is 2. The van der Waals surface area contributed by atoms with Crippen molar-refractivity contribution in [1.29, 1.82) is 0 Å². The molecule has 1 aromatic heterocycles. The van der Waals surface area contributed by atoms with Crippen LogP contribution in [0.2, 0.25) is 0 Å². The molecule has 7 rings (SSSR count). The van der Waals surface area contributed by atoms with E-state index in [1.165, 1.54) is 44.1 Å². The van der Waals surface area contributed by atoms with Crippen LogP contribution in [0.15, 0.2) is 36.5 Å². The van der Waals surface area contributed by atoms with E-state index in [0.29, 0.717) is 5.78 Å². The monoisotopic (exact) mass is 389 g/mol. The highest BCUT2D eigenvalue weighted by Crippen LogP contribution is 2.61. The van der Waals surface area contributed by atoms with Gasteiger partial charge >= 0.3 is 0 Å². The van der Waals surface area contributed by atoms with Crippen molar-refractivity contribution in [2.75, 3.05) is 5.32 Å². The minimum atomic E-state index is 0.237. The average Bonchev–Trinajstić information content (AvgIpc) is 3.12. The molecule has 4 saturated carbocycles. The van der Waals surface area contributed by atoms with Gasteiger partial charge in [-0.15, -0.1) is 0 Å². The summed E-state index contributed by atoms with van der Waals surface area (Å²) in [4.78, 5) is 13.5. The van der Waals surface area contributed by atoms with Gasteiger partial charge in [0.15, 0.2) is 5.78 Å². The van der Waals surface area contributed by atoms with Crippen LogP contribution in [0.4, 0.5) is 5.82 Å². The van der Waals surface area contributed by atoms with Crippen LogP contribution in [-0.2, 0) is 0 Å². The number of benzene rings is 1. The Morgan fingerprint density at radius 1 is 1.07 bits per heavy atom. The molecule has 2 atom stereocenters. The number of ketones is 1. The molecule has 29 heavy (non-hydrogen) atoms. The SMILES string of the molecule is CC1CC(c2ccccc2)Nc2c(C(=O)CC34CC5CC(CC(C5)C3)C4)cnn21. The van der Waals surface area contributed by atoms with Crippen molar-refractivity contribution >= 4 is 11.6 Å². The number of hydrogen-bond donors (Lipinski definition) is 1. The van der Waals surface area contributed by atoms with Gasteiger partial charge in [0.1, 0.15) is 5.82 Å². The molecular weight excluding hydrogens is 358 g/mol. The second-order valence-corrected chi connectivity index (χ2v) is 10.6. The van der Waals surface area contributed by atoms with Crippen molar-refractivity contribution in [2.45, 2.75) is 70.4 Å². The lowest BCUT2D eigenvalue weighted by Gasteiger charge is -2.56. The first kappa shape index (κ1) is 17.7. The van der Waals surface area contributed by atoms with Gasteiger partial charge in [0.2, 0.25) is 0 Å². The van der Waals surface area contributed by atoms with Crippen LogP contribution < -0.4 is 5.32 Å². The molecule has 5 aliphatic rings. The second-order valence-electron chi connectivity index (χ2n) is 10.6. The second kappa shape index (κ2) is 6.45. The van der Waals surface area contributed by atoms with Crippen LogP contribution in [0.1, 0.15) is 86.3 Å². The number of aromatic nitrogens is 2. The molecule has 0 spiro atoms. The summed E-state index contributed by atoms with van der Waals surface area (Å²) in [6, 6.07) is 11.1. The summed E-state index contributed by atoms with van der Waals surface area (Å²) < 4.78 is 2.03. The van der Waals surface area contributed by atoms with Gasteiger partial charge in [-0.05, 0) is 80.6 Å². The zero-order valence-corrected chi connectivity index (χ0v) is 17.3. The van der Waals surface area contributed by atoms with Gasteiger partial charge in [-0.25, -0.2) is 4.68 Å². The zero-order chi connectivity index (χ0) is 19.6. The molecule has 4 aliphatic carbocycles. The molecule has 4 fully saturated rings. The van der Waals surface area contributed by atoms with Crippen LogP contribution in [0.3, 0.4) is 0 Å². The predicted octanol–water partition coefficient (Wildman–Crippen LogP) is 5.79. The number of hydrogen-bond acceptors (Lipinski definition) is 3. The van der Waals surface area contributed by atoms with Crippen LogP contribution in [0.25, 0.3) is 0 Å². The molecule has 1 aliphatic heterocycles. The van der Waals surface area contributed by atoms with Crippen LogP contribution in [-0.4, -0.2) is 15.6 Å². The largest absolute Gasteiger partial charge is 0.363 e. The Morgan fingerprint density at radius 3 is 2.38 bits per heavy atom. The smallest absolute Gasteiger partial charge is 0.168 e. The fourth-order valence-electron chi connectivity index (χ4n) is 7.56. The van der Waals surface area contributed by atoms with Crippen molar-refractivity contribution in [3.05, 3.63) is 47.7 Å². The third kappa shape index (κ3) is 2.94. The van der Waals surface area contributed by atoms with E-state index >= 15 is 0 Å². The summed E-state index contributed by atoms with van der Waals surface area (Å²) in [5.74, 6) is 3.90. The summed E-state index contributed by atoms with van der Waals surface area (Å²) in [5.41, 5.74) is 2.37. The maximum Gasteiger partial charge on any atom is 0.168 e. The lowest BCUT2D eigenvalue weighted by molar-refractivity contribution is -0.0524. The Balaban J connectivity index is 1.27. The highest BCUT2D eigenvalue weighted by Gasteiger charge is 2.51. The molecule has 152 valence electrons. The first-order valence-corrected chi connectivity index (χ1v) is 11.5. The Bertz CT molecular complexity index is 896. The molecule has 4 bridgehead atoms. The molecule has 2 unspecified atom stereocenters. The molecule has 0 saturated heterocycles. The van der Waals surface area contributed by atoms with Gasteiger partial charge in [-0.1, -0.05) is 30.3 Å². The normalized spacial score (nSPS) is 37.2. The van der Waals surface area contributed by atoms with Gasteiger partial charge in [0.25, 0.3) is 0 Å². The summed E-state index contributed by atoms with van der Waals surface area (Å²) in [6.45, 7) is 2.21. The van der Waals surface area contributed by atoms with Crippen molar-refractivity contribution in [3.63, 3.8) is 0 Å².